The maximum absolute atomic E-state index is 5.71. The van der Waals surface area contributed by atoms with Crippen LogP contribution in [0.5, 0.6) is 0 Å². The van der Waals surface area contributed by atoms with Crippen molar-refractivity contribution >= 4 is 5.69 Å². The fourth-order valence-electron chi connectivity index (χ4n) is 1.24. The third kappa shape index (κ3) is 4.34. The van der Waals surface area contributed by atoms with Gasteiger partial charge in [0.05, 0.1) is 12.7 Å². The first-order valence-corrected chi connectivity index (χ1v) is 5.55. The van der Waals surface area contributed by atoms with Crippen LogP contribution in [0.3, 0.4) is 0 Å². The smallest absolute Gasteiger partial charge is 0.0570 e. The maximum atomic E-state index is 5.71. The van der Waals surface area contributed by atoms with Gasteiger partial charge < -0.3 is 10.5 Å². The van der Waals surface area contributed by atoms with Gasteiger partial charge in [-0.25, -0.2) is 0 Å². The van der Waals surface area contributed by atoms with Crippen LogP contribution >= 0.6 is 0 Å². The first-order chi connectivity index (χ1) is 7.09. The lowest BCUT2D eigenvalue weighted by atomic mass is 10.1. The molecule has 1 rings (SSSR count). The van der Waals surface area contributed by atoms with E-state index in [0.29, 0.717) is 12.0 Å². The van der Waals surface area contributed by atoms with Gasteiger partial charge in [0.15, 0.2) is 0 Å². The molecule has 0 radical (unpaired) electrons. The molecule has 0 saturated heterocycles. The molecule has 0 amide bonds. The third-order valence-electron chi connectivity index (χ3n) is 2.69. The Balaban J connectivity index is 2.29. The minimum atomic E-state index is 0.332. The predicted octanol–water partition coefficient (Wildman–Crippen LogP) is 2.87. The maximum Gasteiger partial charge on any atom is 0.0570 e. The standard InChI is InChI=1S/C13H21NO/c1-10(2)11(3)15-9-8-12-4-6-13(14)7-5-12/h4-7,10-11H,8-9,14H2,1-3H3. The van der Waals surface area contributed by atoms with Gasteiger partial charge in [-0.3, -0.25) is 0 Å². The van der Waals surface area contributed by atoms with E-state index in [4.69, 9.17) is 10.5 Å². The van der Waals surface area contributed by atoms with Gasteiger partial charge >= 0.3 is 0 Å². The summed E-state index contributed by atoms with van der Waals surface area (Å²) in [6.45, 7) is 7.25. The summed E-state index contributed by atoms with van der Waals surface area (Å²) in [5.41, 5.74) is 7.70. The number of hydrogen-bond donors (Lipinski definition) is 1. The van der Waals surface area contributed by atoms with Crippen LogP contribution < -0.4 is 5.73 Å². The quantitative estimate of drug-likeness (QED) is 0.753. The van der Waals surface area contributed by atoms with Gasteiger partial charge in [0.2, 0.25) is 0 Å². The average molecular weight is 207 g/mol. The Kier molecular flexibility index (Phi) is 4.63. The number of rotatable bonds is 5. The number of nitrogens with two attached hydrogens (primary N) is 1. The topological polar surface area (TPSA) is 35.2 Å². The summed E-state index contributed by atoms with van der Waals surface area (Å²) in [7, 11) is 0. The van der Waals surface area contributed by atoms with Crippen LogP contribution in [-0.4, -0.2) is 12.7 Å². The molecule has 0 saturated carbocycles. The summed E-state index contributed by atoms with van der Waals surface area (Å²) < 4.78 is 5.71. The van der Waals surface area contributed by atoms with E-state index in [-0.39, 0.29) is 0 Å². The van der Waals surface area contributed by atoms with Crippen molar-refractivity contribution in [3.05, 3.63) is 29.8 Å². The second-order valence-electron chi connectivity index (χ2n) is 4.31. The first kappa shape index (κ1) is 12.1. The van der Waals surface area contributed by atoms with Crippen LogP contribution in [0.15, 0.2) is 24.3 Å². The molecule has 0 aliphatic rings. The Hall–Kier alpha value is -1.02. The molecule has 1 atom stereocenters. The lowest BCUT2D eigenvalue weighted by molar-refractivity contribution is 0.0375. The summed E-state index contributed by atoms with van der Waals surface area (Å²) in [5, 5.41) is 0. The van der Waals surface area contributed by atoms with E-state index in [1.54, 1.807) is 0 Å². The Bertz CT molecular complexity index is 279. The van der Waals surface area contributed by atoms with E-state index in [1.807, 2.05) is 12.1 Å². The molecule has 0 fully saturated rings. The molecule has 1 unspecified atom stereocenters. The van der Waals surface area contributed by atoms with E-state index in [2.05, 4.69) is 32.9 Å². The lowest BCUT2D eigenvalue weighted by Gasteiger charge is -2.16. The molecule has 2 nitrogen and oxygen atoms in total. The zero-order chi connectivity index (χ0) is 11.3. The number of ether oxygens (including phenoxy) is 1. The number of benzene rings is 1. The van der Waals surface area contributed by atoms with Crippen molar-refractivity contribution < 1.29 is 4.74 Å². The van der Waals surface area contributed by atoms with Crippen molar-refractivity contribution in [2.45, 2.75) is 33.3 Å². The van der Waals surface area contributed by atoms with Gasteiger partial charge in [0, 0.05) is 5.69 Å². The summed E-state index contributed by atoms with van der Waals surface area (Å²) in [5.74, 6) is 0.580. The molecule has 0 aromatic heterocycles. The largest absolute Gasteiger partial charge is 0.399 e. The van der Waals surface area contributed by atoms with Crippen LogP contribution in [0.25, 0.3) is 0 Å². The van der Waals surface area contributed by atoms with Crippen molar-refractivity contribution in [2.24, 2.45) is 5.92 Å². The highest BCUT2D eigenvalue weighted by Crippen LogP contribution is 2.09. The predicted molar refractivity (Wildman–Crippen MR) is 64.8 cm³/mol. The summed E-state index contributed by atoms with van der Waals surface area (Å²) in [6.07, 6.45) is 1.29. The molecule has 2 N–H and O–H groups in total. The van der Waals surface area contributed by atoms with Crippen molar-refractivity contribution in [1.29, 1.82) is 0 Å². The minimum absolute atomic E-state index is 0.332. The Labute approximate surface area is 92.4 Å². The van der Waals surface area contributed by atoms with Crippen LogP contribution in [-0.2, 0) is 11.2 Å². The SMILES string of the molecule is CC(C)C(C)OCCc1ccc(N)cc1. The van der Waals surface area contributed by atoms with Crippen LogP contribution in [0.1, 0.15) is 26.3 Å². The molecule has 84 valence electrons. The fourth-order valence-corrected chi connectivity index (χ4v) is 1.24. The molecule has 1 aromatic rings. The second kappa shape index (κ2) is 5.76. The van der Waals surface area contributed by atoms with Crippen molar-refractivity contribution in [3.8, 4) is 0 Å². The summed E-state index contributed by atoms with van der Waals surface area (Å²) in [4.78, 5) is 0. The summed E-state index contributed by atoms with van der Waals surface area (Å²) >= 11 is 0. The van der Waals surface area contributed by atoms with Crippen molar-refractivity contribution in [2.75, 3.05) is 12.3 Å². The molecule has 1 aromatic carbocycles. The van der Waals surface area contributed by atoms with Crippen molar-refractivity contribution in [1.82, 2.24) is 0 Å². The molecule has 0 heterocycles. The molecule has 15 heavy (non-hydrogen) atoms. The minimum Gasteiger partial charge on any atom is -0.399 e. The van der Waals surface area contributed by atoms with Gasteiger partial charge in [0.1, 0.15) is 0 Å². The highest BCUT2D eigenvalue weighted by Gasteiger charge is 2.06. The monoisotopic (exact) mass is 207 g/mol. The molecule has 0 spiro atoms. The van der Waals surface area contributed by atoms with Gasteiger partial charge in [-0.2, -0.15) is 0 Å². The van der Waals surface area contributed by atoms with Gasteiger partial charge in [-0.1, -0.05) is 26.0 Å². The van der Waals surface area contributed by atoms with Crippen LogP contribution in [0, 0.1) is 5.92 Å². The summed E-state index contributed by atoms with van der Waals surface area (Å²) in [6, 6.07) is 7.97. The molecular formula is C13H21NO. The number of nitrogen functional groups attached to an aromatic ring is 1. The first-order valence-electron chi connectivity index (χ1n) is 5.55. The molecule has 0 aliphatic carbocycles. The Morgan fingerprint density at radius 2 is 1.73 bits per heavy atom. The normalized spacial score (nSPS) is 13.1. The number of hydrogen-bond acceptors (Lipinski definition) is 2. The van der Waals surface area contributed by atoms with Gasteiger partial charge in [0.25, 0.3) is 0 Å². The Morgan fingerprint density at radius 1 is 1.13 bits per heavy atom. The highest BCUT2D eigenvalue weighted by atomic mass is 16.5. The highest BCUT2D eigenvalue weighted by molar-refractivity contribution is 5.39. The second-order valence-corrected chi connectivity index (χ2v) is 4.31. The van der Waals surface area contributed by atoms with E-state index < -0.39 is 0 Å². The third-order valence-corrected chi connectivity index (χ3v) is 2.69. The van der Waals surface area contributed by atoms with Crippen molar-refractivity contribution in [3.63, 3.8) is 0 Å². The Morgan fingerprint density at radius 3 is 2.27 bits per heavy atom. The van der Waals surface area contributed by atoms with E-state index in [0.717, 1.165) is 18.7 Å². The zero-order valence-corrected chi connectivity index (χ0v) is 9.86. The molecule has 2 heteroatoms. The fraction of sp³-hybridized carbons (Fsp3) is 0.538. The van der Waals surface area contributed by atoms with Crippen LogP contribution in [0.4, 0.5) is 5.69 Å². The van der Waals surface area contributed by atoms with Gasteiger partial charge in [-0.15, -0.1) is 0 Å². The van der Waals surface area contributed by atoms with Gasteiger partial charge in [-0.05, 0) is 37.0 Å². The molecule has 0 aliphatic heterocycles. The zero-order valence-electron chi connectivity index (χ0n) is 9.86. The molecule has 0 bridgehead atoms. The molecular weight excluding hydrogens is 186 g/mol. The average Bonchev–Trinajstić information content (AvgIpc) is 2.20. The number of anilines is 1. The lowest BCUT2D eigenvalue weighted by Crippen LogP contribution is -2.16. The van der Waals surface area contributed by atoms with E-state index in [1.165, 1.54) is 5.56 Å². The van der Waals surface area contributed by atoms with E-state index in [9.17, 15) is 0 Å². The van der Waals surface area contributed by atoms with E-state index >= 15 is 0 Å². The van der Waals surface area contributed by atoms with Crippen LogP contribution in [0.2, 0.25) is 0 Å².